The summed E-state index contributed by atoms with van der Waals surface area (Å²) in [5.41, 5.74) is 2.46. The van der Waals surface area contributed by atoms with Crippen LogP contribution in [0.5, 0.6) is 0 Å². The molecule has 6 unspecified atom stereocenters. The summed E-state index contributed by atoms with van der Waals surface area (Å²) in [6.07, 6.45) is 10.4. The van der Waals surface area contributed by atoms with Crippen molar-refractivity contribution in [3.05, 3.63) is 144 Å². The van der Waals surface area contributed by atoms with E-state index in [2.05, 4.69) is 123 Å². The van der Waals surface area contributed by atoms with Gasteiger partial charge in [0.25, 0.3) is 0 Å². The van der Waals surface area contributed by atoms with E-state index in [0.29, 0.717) is 0 Å². The lowest BCUT2D eigenvalue weighted by atomic mass is 9.90. The van der Waals surface area contributed by atoms with E-state index in [1.54, 1.807) is 23.5 Å². The number of esters is 2. The molecule has 0 radical (unpaired) electrons. The molecule has 0 amide bonds. The predicted molar refractivity (Wildman–Crippen MR) is 221 cm³/mol. The number of fused-ring (bicyclic) bond motifs is 2. The number of hydrogen-bond donors (Lipinski definition) is 2. The number of carbonyl (C=O) groups excluding carboxylic acids is 2. The Morgan fingerprint density at radius 3 is 1.33 bits per heavy atom. The maximum atomic E-state index is 13.6. The summed E-state index contributed by atoms with van der Waals surface area (Å²) in [6, 6.07) is 37.4. The van der Waals surface area contributed by atoms with Crippen molar-refractivity contribution in [2.75, 3.05) is 0 Å². The van der Waals surface area contributed by atoms with Crippen LogP contribution < -0.4 is 10.6 Å². The number of hydrogen-bond acceptors (Lipinski definition) is 8. The first-order valence-corrected chi connectivity index (χ1v) is 21.2. The largest absolute Gasteiger partial charge is 0.446 e. The highest BCUT2D eigenvalue weighted by molar-refractivity contribution is 8.00. The van der Waals surface area contributed by atoms with Crippen molar-refractivity contribution in [1.29, 1.82) is 0 Å². The van der Waals surface area contributed by atoms with Crippen LogP contribution in [-0.2, 0) is 19.1 Å². The standard InChI is InChI=1S/C46H54N2O4S2/c1-5-7-19-31-45(3)43(53-37-27-17-15-25-35(37)41(47-45)33-21-11-9-12-22-33)51-39(49)29-30-40(50)52-44-46(4,32-20-8-6-2)48-42(34-23-13-10-14-24-34)36-26-16-18-28-38(36)54-44/h9-18,21-30,41-44,47-48H,5-8,19-20,31-32H2,1-4H3/b30-29-. The SMILES string of the molecule is CCCCCC1(C)NC(c2ccccc2)c2ccccc2SC1OC(=O)/C=C\C(=O)OC1Sc2ccccc2C(c2ccccc2)NC1(C)CCCCC. The average molecular weight is 763 g/mol. The zero-order chi connectivity index (χ0) is 38.0. The van der Waals surface area contributed by atoms with Gasteiger partial charge in [-0.25, -0.2) is 9.59 Å². The number of nitrogens with one attached hydrogen (secondary N) is 2. The minimum absolute atomic E-state index is 0.0697. The van der Waals surface area contributed by atoms with E-state index < -0.39 is 33.9 Å². The van der Waals surface area contributed by atoms with Gasteiger partial charge < -0.3 is 9.47 Å². The Kier molecular flexibility index (Phi) is 13.8. The van der Waals surface area contributed by atoms with Crippen LogP contribution in [0, 0.1) is 0 Å². The molecular weight excluding hydrogens is 709 g/mol. The number of unbranched alkanes of at least 4 members (excludes halogenated alkanes) is 4. The molecule has 0 aromatic heterocycles. The fourth-order valence-corrected chi connectivity index (χ4v) is 10.1. The van der Waals surface area contributed by atoms with E-state index in [0.717, 1.165) is 83.4 Å². The number of rotatable bonds is 14. The third-order valence-electron chi connectivity index (χ3n) is 10.6. The van der Waals surface area contributed by atoms with Gasteiger partial charge in [-0.05, 0) is 61.1 Å². The molecule has 0 saturated carbocycles. The second-order valence-electron chi connectivity index (χ2n) is 14.9. The molecule has 0 fully saturated rings. The fourth-order valence-electron chi connectivity index (χ4n) is 7.51. The summed E-state index contributed by atoms with van der Waals surface area (Å²) >= 11 is 3.14. The molecule has 2 aliphatic heterocycles. The predicted octanol–water partition coefficient (Wildman–Crippen LogP) is 10.9. The van der Waals surface area contributed by atoms with Crippen LogP contribution in [0.15, 0.2) is 131 Å². The Morgan fingerprint density at radius 2 is 0.944 bits per heavy atom. The second kappa shape index (κ2) is 18.7. The van der Waals surface area contributed by atoms with Crippen molar-refractivity contribution >= 4 is 35.5 Å². The highest BCUT2D eigenvalue weighted by atomic mass is 32.2. The molecule has 2 aliphatic rings. The molecule has 8 heteroatoms. The molecule has 4 aromatic rings. The maximum Gasteiger partial charge on any atom is 0.332 e. The third kappa shape index (κ3) is 9.69. The van der Waals surface area contributed by atoms with E-state index >= 15 is 0 Å². The molecule has 2 heterocycles. The summed E-state index contributed by atoms with van der Waals surface area (Å²) in [5, 5.41) is 7.87. The van der Waals surface area contributed by atoms with E-state index in [9.17, 15) is 9.59 Å². The topological polar surface area (TPSA) is 76.7 Å². The van der Waals surface area contributed by atoms with Crippen LogP contribution in [-0.4, -0.2) is 33.9 Å². The molecule has 4 aromatic carbocycles. The molecule has 0 bridgehead atoms. The number of ether oxygens (including phenoxy) is 2. The van der Waals surface area contributed by atoms with Crippen molar-refractivity contribution in [2.24, 2.45) is 0 Å². The van der Waals surface area contributed by atoms with Crippen LogP contribution in [0.1, 0.15) is 113 Å². The molecule has 2 N–H and O–H groups in total. The van der Waals surface area contributed by atoms with Gasteiger partial charge in [0.1, 0.15) is 0 Å². The third-order valence-corrected chi connectivity index (χ3v) is 13.5. The molecule has 6 nitrogen and oxygen atoms in total. The number of carbonyl (C=O) groups is 2. The fraction of sp³-hybridized carbons (Fsp3) is 0.391. The molecule has 6 atom stereocenters. The van der Waals surface area contributed by atoms with Gasteiger partial charge >= 0.3 is 11.9 Å². The van der Waals surface area contributed by atoms with Gasteiger partial charge in [0.15, 0.2) is 10.9 Å². The van der Waals surface area contributed by atoms with E-state index in [1.807, 2.05) is 24.3 Å². The van der Waals surface area contributed by atoms with Gasteiger partial charge in [0.05, 0.1) is 23.2 Å². The Labute approximate surface area is 330 Å². The van der Waals surface area contributed by atoms with Crippen LogP contribution in [0.2, 0.25) is 0 Å². The molecule has 54 heavy (non-hydrogen) atoms. The minimum atomic E-state index is -0.574. The lowest BCUT2D eigenvalue weighted by Gasteiger charge is -2.38. The van der Waals surface area contributed by atoms with Crippen molar-refractivity contribution in [1.82, 2.24) is 10.6 Å². The van der Waals surface area contributed by atoms with E-state index in [4.69, 9.17) is 9.47 Å². The molecular formula is C46H54N2O4S2. The van der Waals surface area contributed by atoms with Gasteiger partial charge in [-0.2, -0.15) is 0 Å². The van der Waals surface area contributed by atoms with Crippen LogP contribution >= 0.6 is 23.5 Å². The average Bonchev–Trinajstić information content (AvgIpc) is 3.39. The Bertz CT molecular complexity index is 1740. The van der Waals surface area contributed by atoms with Crippen LogP contribution in [0.4, 0.5) is 0 Å². The van der Waals surface area contributed by atoms with Crippen molar-refractivity contribution in [3.63, 3.8) is 0 Å². The highest BCUT2D eigenvalue weighted by Gasteiger charge is 2.44. The first-order valence-electron chi connectivity index (χ1n) is 19.5. The zero-order valence-electron chi connectivity index (χ0n) is 32.0. The summed E-state index contributed by atoms with van der Waals surface area (Å²) in [5.74, 6) is -1.15. The molecule has 0 aliphatic carbocycles. The first kappa shape index (κ1) is 39.9. The Hall–Kier alpha value is -3.82. The molecule has 284 valence electrons. The summed E-state index contributed by atoms with van der Waals surface area (Å²) in [4.78, 5) is 29.4. The zero-order valence-corrected chi connectivity index (χ0v) is 33.6. The highest BCUT2D eigenvalue weighted by Crippen LogP contribution is 2.46. The monoisotopic (exact) mass is 762 g/mol. The second-order valence-corrected chi connectivity index (χ2v) is 17.1. The maximum absolute atomic E-state index is 13.6. The Balaban J connectivity index is 1.22. The normalized spacial score (nSPS) is 25.2. The summed E-state index contributed by atoms with van der Waals surface area (Å²) in [6.45, 7) is 8.70. The number of benzene rings is 4. The van der Waals surface area contributed by atoms with Gasteiger partial charge in [-0.15, -0.1) is 0 Å². The number of thioether (sulfide) groups is 2. The van der Waals surface area contributed by atoms with Gasteiger partial charge in [0, 0.05) is 21.9 Å². The lowest BCUT2D eigenvalue weighted by Crippen LogP contribution is -2.52. The smallest absolute Gasteiger partial charge is 0.332 e. The van der Waals surface area contributed by atoms with E-state index in [-0.39, 0.29) is 12.1 Å². The first-order chi connectivity index (χ1) is 26.2. The minimum Gasteiger partial charge on any atom is -0.446 e. The summed E-state index contributed by atoms with van der Waals surface area (Å²) in [7, 11) is 0. The van der Waals surface area contributed by atoms with Gasteiger partial charge in [0.2, 0.25) is 0 Å². The van der Waals surface area contributed by atoms with Crippen molar-refractivity contribution in [2.45, 2.75) is 123 Å². The lowest BCUT2D eigenvalue weighted by molar-refractivity contribution is -0.144. The van der Waals surface area contributed by atoms with Crippen molar-refractivity contribution in [3.8, 4) is 0 Å². The molecule has 6 rings (SSSR count). The van der Waals surface area contributed by atoms with Crippen molar-refractivity contribution < 1.29 is 19.1 Å². The molecule has 0 saturated heterocycles. The van der Waals surface area contributed by atoms with Crippen LogP contribution in [0.3, 0.4) is 0 Å². The van der Waals surface area contributed by atoms with Gasteiger partial charge in [-0.1, -0.05) is 173 Å². The van der Waals surface area contributed by atoms with E-state index in [1.165, 1.54) is 12.2 Å². The quantitative estimate of drug-likeness (QED) is 0.0747. The Morgan fingerprint density at radius 1 is 0.574 bits per heavy atom. The van der Waals surface area contributed by atoms with Gasteiger partial charge in [-0.3, -0.25) is 10.6 Å². The molecule has 0 spiro atoms. The van der Waals surface area contributed by atoms with Crippen LogP contribution in [0.25, 0.3) is 0 Å². The summed E-state index contributed by atoms with van der Waals surface area (Å²) < 4.78 is 12.6.